The summed E-state index contributed by atoms with van der Waals surface area (Å²) < 4.78 is 10.6. The van der Waals surface area contributed by atoms with Gasteiger partial charge >= 0.3 is 0 Å². The van der Waals surface area contributed by atoms with E-state index in [0.29, 0.717) is 48.8 Å². The van der Waals surface area contributed by atoms with Gasteiger partial charge < -0.3 is 19.7 Å². The van der Waals surface area contributed by atoms with Crippen molar-refractivity contribution < 1.29 is 9.05 Å². The summed E-state index contributed by atoms with van der Waals surface area (Å²) >= 11 is 0. The van der Waals surface area contributed by atoms with E-state index in [1.54, 1.807) is 6.20 Å². The van der Waals surface area contributed by atoms with E-state index in [-0.39, 0.29) is 0 Å². The third-order valence-electron chi connectivity index (χ3n) is 3.90. The number of rotatable bonds is 8. The number of hydrogen-bond donors (Lipinski definition) is 2. The molecule has 0 aliphatic carbocycles. The second-order valence-corrected chi connectivity index (χ2v) is 6.48. The molecule has 0 saturated heterocycles. The van der Waals surface area contributed by atoms with E-state index in [0.717, 1.165) is 18.0 Å². The Morgan fingerprint density at radius 1 is 1.18 bits per heavy atom. The molecule has 9 heteroatoms. The molecule has 0 fully saturated rings. The summed E-state index contributed by atoms with van der Waals surface area (Å²) in [6.45, 7) is 7.95. The van der Waals surface area contributed by atoms with Gasteiger partial charge in [0.05, 0.1) is 5.69 Å². The highest BCUT2D eigenvalue weighted by Crippen LogP contribution is 2.15. The Hall–Kier alpha value is -3.23. The minimum atomic E-state index is 0.332. The second kappa shape index (κ2) is 9.63. The van der Waals surface area contributed by atoms with Crippen LogP contribution in [-0.4, -0.2) is 39.3 Å². The van der Waals surface area contributed by atoms with Crippen molar-refractivity contribution in [1.29, 1.82) is 0 Å². The Kier molecular flexibility index (Phi) is 6.72. The Morgan fingerprint density at radius 3 is 2.79 bits per heavy atom. The zero-order chi connectivity index (χ0) is 19.8. The van der Waals surface area contributed by atoms with E-state index < -0.39 is 0 Å². The molecule has 9 nitrogen and oxygen atoms in total. The Labute approximate surface area is 163 Å². The van der Waals surface area contributed by atoms with E-state index >= 15 is 0 Å². The topological polar surface area (TPSA) is 114 Å². The van der Waals surface area contributed by atoms with Gasteiger partial charge in [0, 0.05) is 31.8 Å². The molecular weight excluding hydrogens is 358 g/mol. The molecule has 0 bridgehead atoms. The standard InChI is InChI=1S/C19H25N7O2/c1-4-20-19(23-12-14-11-16(13(2)3)25-27-14)22-10-8-17-24-18(28-26-17)15-7-5-6-9-21-15/h5-7,9,11,13H,4,8,10,12H2,1-3H3,(H2,20,22,23). The molecule has 3 heterocycles. The minimum absolute atomic E-state index is 0.332. The molecule has 0 spiro atoms. The molecule has 0 aliphatic rings. The lowest BCUT2D eigenvalue weighted by Gasteiger charge is -2.09. The van der Waals surface area contributed by atoms with Crippen LogP contribution in [0.3, 0.4) is 0 Å². The molecule has 3 aromatic heterocycles. The first-order valence-corrected chi connectivity index (χ1v) is 9.37. The largest absolute Gasteiger partial charge is 0.359 e. The number of guanidine groups is 1. The predicted octanol–water partition coefficient (Wildman–Crippen LogP) is 2.54. The molecule has 0 aliphatic heterocycles. The average molecular weight is 383 g/mol. The Bertz CT molecular complexity index is 887. The molecule has 148 valence electrons. The van der Waals surface area contributed by atoms with Crippen LogP contribution >= 0.6 is 0 Å². The van der Waals surface area contributed by atoms with Crippen LogP contribution in [0.2, 0.25) is 0 Å². The van der Waals surface area contributed by atoms with Crippen LogP contribution in [0.15, 0.2) is 44.5 Å². The first-order valence-electron chi connectivity index (χ1n) is 9.37. The van der Waals surface area contributed by atoms with Crippen LogP contribution in [0, 0.1) is 0 Å². The van der Waals surface area contributed by atoms with Gasteiger partial charge in [-0.1, -0.05) is 30.2 Å². The Balaban J connectivity index is 1.52. The lowest BCUT2D eigenvalue weighted by Crippen LogP contribution is -2.38. The molecule has 0 radical (unpaired) electrons. The van der Waals surface area contributed by atoms with E-state index in [1.807, 2.05) is 31.2 Å². The highest BCUT2D eigenvalue weighted by molar-refractivity contribution is 5.79. The molecule has 0 aromatic carbocycles. The van der Waals surface area contributed by atoms with Crippen LogP contribution in [-0.2, 0) is 13.0 Å². The van der Waals surface area contributed by atoms with E-state index in [2.05, 4.69) is 49.8 Å². The van der Waals surface area contributed by atoms with Gasteiger partial charge in [0.1, 0.15) is 12.2 Å². The SMILES string of the molecule is CCNC(=NCc1cc(C(C)C)no1)NCCc1noc(-c2ccccn2)n1. The van der Waals surface area contributed by atoms with Crippen molar-refractivity contribution in [3.63, 3.8) is 0 Å². The highest BCUT2D eigenvalue weighted by atomic mass is 16.5. The zero-order valence-electron chi connectivity index (χ0n) is 16.3. The molecule has 3 aromatic rings. The molecule has 3 rings (SSSR count). The fraction of sp³-hybridized carbons (Fsp3) is 0.421. The average Bonchev–Trinajstić information content (AvgIpc) is 3.37. The maximum atomic E-state index is 5.32. The molecule has 28 heavy (non-hydrogen) atoms. The lowest BCUT2D eigenvalue weighted by atomic mass is 10.1. The first-order chi connectivity index (χ1) is 13.7. The Morgan fingerprint density at radius 2 is 2.07 bits per heavy atom. The quantitative estimate of drug-likeness (QED) is 0.450. The van der Waals surface area contributed by atoms with E-state index in [4.69, 9.17) is 9.05 Å². The molecule has 0 saturated carbocycles. The number of nitrogens with zero attached hydrogens (tertiary/aromatic N) is 5. The third-order valence-corrected chi connectivity index (χ3v) is 3.90. The van der Waals surface area contributed by atoms with Crippen LogP contribution < -0.4 is 10.6 Å². The summed E-state index contributed by atoms with van der Waals surface area (Å²) in [5, 5.41) is 14.5. The fourth-order valence-corrected chi connectivity index (χ4v) is 2.42. The van der Waals surface area contributed by atoms with Gasteiger partial charge in [0.15, 0.2) is 17.5 Å². The first kappa shape index (κ1) is 19.5. The van der Waals surface area contributed by atoms with Crippen LogP contribution in [0.4, 0.5) is 0 Å². The molecule has 2 N–H and O–H groups in total. The number of pyridine rings is 1. The fourth-order valence-electron chi connectivity index (χ4n) is 2.42. The van der Waals surface area contributed by atoms with Crippen molar-refractivity contribution in [2.45, 2.75) is 39.7 Å². The summed E-state index contributed by atoms with van der Waals surface area (Å²) in [4.78, 5) is 13.1. The van der Waals surface area contributed by atoms with Gasteiger partial charge in [-0.25, -0.2) is 4.99 Å². The van der Waals surface area contributed by atoms with Gasteiger partial charge in [0.25, 0.3) is 5.89 Å². The molecule has 0 amide bonds. The third kappa shape index (κ3) is 5.38. The van der Waals surface area contributed by atoms with Gasteiger partial charge in [0.2, 0.25) is 0 Å². The van der Waals surface area contributed by atoms with E-state index in [1.165, 1.54) is 0 Å². The second-order valence-electron chi connectivity index (χ2n) is 6.48. The summed E-state index contributed by atoms with van der Waals surface area (Å²) in [5.41, 5.74) is 1.60. The van der Waals surface area contributed by atoms with Gasteiger partial charge in [-0.15, -0.1) is 0 Å². The smallest absolute Gasteiger partial charge is 0.276 e. The maximum absolute atomic E-state index is 5.32. The predicted molar refractivity (Wildman–Crippen MR) is 105 cm³/mol. The highest BCUT2D eigenvalue weighted by Gasteiger charge is 2.10. The van der Waals surface area contributed by atoms with Crippen molar-refractivity contribution in [1.82, 2.24) is 30.9 Å². The van der Waals surface area contributed by atoms with Crippen molar-refractivity contribution in [2.24, 2.45) is 4.99 Å². The van der Waals surface area contributed by atoms with Crippen LogP contribution in [0.1, 0.15) is 44.0 Å². The van der Waals surface area contributed by atoms with Gasteiger partial charge in [-0.2, -0.15) is 4.98 Å². The molecule has 0 atom stereocenters. The summed E-state index contributed by atoms with van der Waals surface area (Å²) in [5.74, 6) is 2.79. The van der Waals surface area contributed by atoms with Gasteiger partial charge in [-0.05, 0) is 25.0 Å². The summed E-state index contributed by atoms with van der Waals surface area (Å²) in [7, 11) is 0. The lowest BCUT2D eigenvalue weighted by molar-refractivity contribution is 0.376. The number of nitrogens with one attached hydrogen (secondary N) is 2. The molecular formula is C19H25N7O2. The van der Waals surface area contributed by atoms with Gasteiger partial charge in [-0.3, -0.25) is 4.98 Å². The number of aliphatic imine (C=N–C) groups is 1. The summed E-state index contributed by atoms with van der Waals surface area (Å²) in [6.07, 6.45) is 2.29. The van der Waals surface area contributed by atoms with Crippen LogP contribution in [0.25, 0.3) is 11.6 Å². The van der Waals surface area contributed by atoms with Crippen molar-refractivity contribution in [3.8, 4) is 11.6 Å². The maximum Gasteiger partial charge on any atom is 0.276 e. The van der Waals surface area contributed by atoms with Crippen LogP contribution in [0.5, 0.6) is 0 Å². The zero-order valence-corrected chi connectivity index (χ0v) is 16.3. The van der Waals surface area contributed by atoms with Crippen molar-refractivity contribution >= 4 is 5.96 Å². The number of aromatic nitrogens is 4. The van der Waals surface area contributed by atoms with E-state index in [9.17, 15) is 0 Å². The number of hydrogen-bond acceptors (Lipinski definition) is 7. The van der Waals surface area contributed by atoms with Crippen molar-refractivity contribution in [2.75, 3.05) is 13.1 Å². The van der Waals surface area contributed by atoms with Crippen molar-refractivity contribution in [3.05, 3.63) is 47.7 Å². The monoisotopic (exact) mass is 383 g/mol. The molecule has 0 unspecified atom stereocenters. The summed E-state index contributed by atoms with van der Waals surface area (Å²) in [6, 6.07) is 7.50. The normalized spacial score (nSPS) is 11.8. The minimum Gasteiger partial charge on any atom is -0.359 e.